The molecule has 0 spiro atoms. The van der Waals surface area contributed by atoms with Crippen LogP contribution in [0.25, 0.3) is 0 Å². The van der Waals surface area contributed by atoms with Crippen LogP contribution in [0.1, 0.15) is 13.8 Å². The molecule has 0 atom stereocenters. The van der Waals surface area contributed by atoms with Gasteiger partial charge in [-0.3, -0.25) is 4.57 Å². The van der Waals surface area contributed by atoms with Crippen molar-refractivity contribution in [1.29, 1.82) is 0 Å². The van der Waals surface area contributed by atoms with Crippen molar-refractivity contribution in [1.82, 2.24) is 0 Å². The first-order valence-electron chi connectivity index (χ1n) is 3.53. The van der Waals surface area contributed by atoms with Gasteiger partial charge in [0.1, 0.15) is 0 Å². The lowest BCUT2D eigenvalue weighted by atomic mass is 10.2. The van der Waals surface area contributed by atoms with Gasteiger partial charge in [0.15, 0.2) is 0 Å². The van der Waals surface area contributed by atoms with Crippen LogP contribution in [0, 0.1) is 0 Å². The van der Waals surface area contributed by atoms with Crippen LogP contribution < -0.4 is 0 Å². The van der Waals surface area contributed by atoms with Gasteiger partial charge in [0.05, 0.1) is 10.2 Å². The maximum absolute atomic E-state index is 11.8. The monoisotopic (exact) mass is 246 g/mol. The molecule has 0 heterocycles. The molecule has 0 aromatic rings. The van der Waals surface area contributed by atoms with Crippen LogP contribution in [0.3, 0.4) is 0 Å². The van der Waals surface area contributed by atoms with Crippen molar-refractivity contribution in [3.05, 3.63) is 10.8 Å². The van der Waals surface area contributed by atoms with E-state index >= 15 is 0 Å². The van der Waals surface area contributed by atoms with Crippen molar-refractivity contribution in [2.45, 2.75) is 18.7 Å². The Hall–Kier alpha value is 0.470. The number of allylic oxidation sites excluding steroid dienone is 1. The van der Waals surface area contributed by atoms with Crippen molar-refractivity contribution in [3.63, 3.8) is 0 Å². The fourth-order valence-corrected chi connectivity index (χ4v) is 3.15. The molecule has 0 amide bonds. The van der Waals surface area contributed by atoms with E-state index < -0.39 is 12.5 Å². The Morgan fingerprint density at radius 1 is 1.38 bits per heavy atom. The van der Waals surface area contributed by atoms with Crippen molar-refractivity contribution < 1.29 is 13.6 Å². The summed E-state index contributed by atoms with van der Waals surface area (Å²) in [5, 5.41) is 0.244. The van der Waals surface area contributed by atoms with E-state index in [0.29, 0.717) is 0 Å². The molecule has 0 saturated carbocycles. The average Bonchev–Trinajstić information content (AvgIpc) is 2.02. The maximum Gasteiger partial charge on any atom is 0.359 e. The van der Waals surface area contributed by atoms with Gasteiger partial charge in [0, 0.05) is 19.8 Å². The second-order valence-electron chi connectivity index (χ2n) is 2.83. The van der Waals surface area contributed by atoms with E-state index in [2.05, 4.69) is 0 Å². The lowest BCUT2D eigenvalue weighted by molar-refractivity contribution is 0.281. The Bertz CT molecular complexity index is 237. The van der Waals surface area contributed by atoms with E-state index in [1.807, 2.05) is 0 Å². The average molecular weight is 247 g/mol. The van der Waals surface area contributed by atoms with Gasteiger partial charge in [-0.25, -0.2) is 0 Å². The van der Waals surface area contributed by atoms with E-state index in [1.54, 1.807) is 13.8 Å². The molecule has 0 aromatic carbocycles. The van der Waals surface area contributed by atoms with Crippen molar-refractivity contribution in [2.24, 2.45) is 0 Å². The Morgan fingerprint density at radius 2 is 1.77 bits per heavy atom. The minimum atomic E-state index is -3.32. The number of halogens is 2. The van der Waals surface area contributed by atoms with Crippen LogP contribution >= 0.6 is 30.8 Å². The zero-order valence-electron chi connectivity index (χ0n) is 8.01. The summed E-state index contributed by atoms with van der Waals surface area (Å²) in [6.45, 7) is 3.32. The summed E-state index contributed by atoms with van der Waals surface area (Å²) in [4.78, 5) is -0.858. The van der Waals surface area contributed by atoms with Gasteiger partial charge >= 0.3 is 7.60 Å². The zero-order chi connectivity index (χ0) is 10.7. The lowest BCUT2D eigenvalue weighted by Gasteiger charge is -2.24. The van der Waals surface area contributed by atoms with Crippen molar-refractivity contribution >= 4 is 30.8 Å². The fraction of sp³-hybridized carbons (Fsp3) is 0.714. The van der Waals surface area contributed by atoms with Crippen LogP contribution in [-0.2, 0) is 13.6 Å². The van der Waals surface area contributed by atoms with Crippen LogP contribution in [0.4, 0.5) is 0 Å². The summed E-state index contributed by atoms with van der Waals surface area (Å²) < 4.78 is 21.4. The molecule has 0 aliphatic rings. The van der Waals surface area contributed by atoms with Crippen molar-refractivity contribution in [3.8, 4) is 0 Å². The van der Waals surface area contributed by atoms with Gasteiger partial charge in [-0.15, -0.1) is 11.6 Å². The molecule has 13 heavy (non-hydrogen) atoms. The summed E-state index contributed by atoms with van der Waals surface area (Å²) in [7, 11) is -0.746. The standard InChI is InChI=1S/C7H13Cl2O3P/c1-7(2,9)6(5-8)13(10,11-3)12-4/h5H,1-4H3/b6-5-. The highest BCUT2D eigenvalue weighted by atomic mass is 35.5. The molecule has 0 bridgehead atoms. The van der Waals surface area contributed by atoms with E-state index in [-0.39, 0.29) is 5.31 Å². The fourth-order valence-electron chi connectivity index (χ4n) is 0.786. The highest BCUT2D eigenvalue weighted by Gasteiger charge is 2.37. The van der Waals surface area contributed by atoms with E-state index in [9.17, 15) is 4.57 Å². The van der Waals surface area contributed by atoms with Gasteiger partial charge in [0.25, 0.3) is 0 Å². The van der Waals surface area contributed by atoms with E-state index in [1.165, 1.54) is 14.2 Å². The largest absolute Gasteiger partial charge is 0.359 e. The number of hydrogen-bond donors (Lipinski definition) is 0. The summed E-state index contributed by atoms with van der Waals surface area (Å²) in [6, 6.07) is 0. The third-order valence-electron chi connectivity index (χ3n) is 1.49. The topological polar surface area (TPSA) is 35.5 Å². The van der Waals surface area contributed by atoms with Gasteiger partial charge in [0.2, 0.25) is 0 Å². The summed E-state index contributed by atoms with van der Waals surface area (Å²) in [5.74, 6) is 0. The minimum absolute atomic E-state index is 0.244. The van der Waals surface area contributed by atoms with Gasteiger partial charge in [-0.1, -0.05) is 11.6 Å². The summed E-state index contributed by atoms with van der Waals surface area (Å²) in [5.41, 5.74) is 1.14. The Labute approximate surface area is 88.5 Å². The molecule has 0 unspecified atom stereocenters. The molecule has 0 aromatic heterocycles. The zero-order valence-corrected chi connectivity index (χ0v) is 10.4. The smallest absolute Gasteiger partial charge is 0.309 e. The second-order valence-corrected chi connectivity index (χ2v) is 6.20. The molecule has 0 saturated heterocycles. The Balaban J connectivity index is 5.12. The second kappa shape index (κ2) is 4.81. The number of hydrogen-bond acceptors (Lipinski definition) is 3. The molecule has 0 radical (unpaired) electrons. The molecule has 6 heteroatoms. The first-order chi connectivity index (χ1) is 5.81. The summed E-state index contributed by atoms with van der Waals surface area (Å²) >= 11 is 11.5. The van der Waals surface area contributed by atoms with E-state index in [4.69, 9.17) is 32.2 Å². The first kappa shape index (κ1) is 13.5. The minimum Gasteiger partial charge on any atom is -0.309 e. The Morgan fingerprint density at radius 3 is 1.85 bits per heavy atom. The predicted octanol–water partition coefficient (Wildman–Crippen LogP) is 3.57. The molecule has 0 rings (SSSR count). The lowest BCUT2D eigenvalue weighted by Crippen LogP contribution is -2.15. The highest BCUT2D eigenvalue weighted by molar-refractivity contribution is 7.58. The molecular weight excluding hydrogens is 234 g/mol. The molecule has 0 fully saturated rings. The SMILES string of the molecule is COP(=O)(OC)/C(=C\Cl)C(C)(C)Cl. The predicted molar refractivity (Wildman–Crippen MR) is 55.5 cm³/mol. The highest BCUT2D eigenvalue weighted by Crippen LogP contribution is 2.60. The van der Waals surface area contributed by atoms with Crippen LogP contribution in [-0.4, -0.2) is 19.1 Å². The van der Waals surface area contributed by atoms with Crippen LogP contribution in [0.15, 0.2) is 10.8 Å². The van der Waals surface area contributed by atoms with Crippen molar-refractivity contribution in [2.75, 3.05) is 14.2 Å². The van der Waals surface area contributed by atoms with Crippen LogP contribution in [0.5, 0.6) is 0 Å². The molecule has 78 valence electrons. The number of alkyl halides is 1. The van der Waals surface area contributed by atoms with Crippen LogP contribution in [0.2, 0.25) is 0 Å². The maximum atomic E-state index is 11.8. The number of rotatable bonds is 4. The quantitative estimate of drug-likeness (QED) is 0.562. The molecule has 3 nitrogen and oxygen atoms in total. The third-order valence-corrected chi connectivity index (χ3v) is 4.43. The molecule has 0 aliphatic carbocycles. The van der Waals surface area contributed by atoms with Gasteiger partial charge in [-0.2, -0.15) is 0 Å². The normalized spacial score (nSPS) is 14.8. The van der Waals surface area contributed by atoms with Gasteiger partial charge < -0.3 is 9.05 Å². The first-order valence-corrected chi connectivity index (χ1v) is 5.89. The molecular formula is C7H13Cl2O3P. The summed E-state index contributed by atoms with van der Waals surface area (Å²) in [6.07, 6.45) is 0. The Kier molecular flexibility index (Phi) is 4.98. The van der Waals surface area contributed by atoms with Gasteiger partial charge in [-0.05, 0) is 13.8 Å². The molecule has 0 aliphatic heterocycles. The third kappa shape index (κ3) is 3.26. The molecule has 0 N–H and O–H groups in total. The van der Waals surface area contributed by atoms with E-state index in [0.717, 1.165) is 5.54 Å².